The number of ether oxygens (including phenoxy) is 6. The van der Waals surface area contributed by atoms with Crippen LogP contribution < -0.4 is 11.2 Å². The summed E-state index contributed by atoms with van der Waals surface area (Å²) in [5.74, 6) is -1.39. The Hall–Kier alpha value is -1.79. The second-order valence-corrected chi connectivity index (χ2v) is 8.13. The lowest BCUT2D eigenvalue weighted by Crippen LogP contribution is -2.52. The summed E-state index contributed by atoms with van der Waals surface area (Å²) in [5, 5.41) is 41.4. The number of aliphatic hydroxyl groups is 4. The van der Waals surface area contributed by atoms with E-state index in [1.54, 1.807) is 0 Å². The number of hydrogen-bond donors (Lipinski definition) is 4. The molecular formula is C20H31FN2O12. The van der Waals surface area contributed by atoms with E-state index in [9.17, 15) is 34.4 Å². The van der Waals surface area contributed by atoms with Gasteiger partial charge in [0.05, 0.1) is 31.5 Å². The molecule has 0 unspecified atom stereocenters. The van der Waals surface area contributed by atoms with Crippen molar-refractivity contribution in [2.45, 2.75) is 61.3 Å². The van der Waals surface area contributed by atoms with Crippen LogP contribution >= 0.6 is 0 Å². The third-order valence-electron chi connectivity index (χ3n) is 6.35. The monoisotopic (exact) mass is 510 g/mol. The zero-order chi connectivity index (χ0) is 26.0. The smallest absolute Gasteiger partial charge is 0.332 e. The van der Waals surface area contributed by atoms with E-state index in [2.05, 4.69) is 0 Å². The molecule has 2 aliphatic rings. The molecule has 2 aliphatic heterocycles. The Bertz CT molecular complexity index is 964. The molecule has 2 saturated heterocycles. The van der Waals surface area contributed by atoms with Crippen molar-refractivity contribution in [1.82, 2.24) is 9.13 Å². The average molecular weight is 510 g/mol. The third-order valence-corrected chi connectivity index (χ3v) is 6.35. The van der Waals surface area contributed by atoms with Gasteiger partial charge in [0.15, 0.2) is 12.6 Å². The first-order valence-electron chi connectivity index (χ1n) is 10.7. The summed E-state index contributed by atoms with van der Waals surface area (Å²) in [6.45, 7) is -1.41. The molecule has 0 spiro atoms. The highest BCUT2D eigenvalue weighted by Crippen LogP contribution is 2.35. The van der Waals surface area contributed by atoms with Crippen molar-refractivity contribution < 1.29 is 53.2 Å². The summed E-state index contributed by atoms with van der Waals surface area (Å²) in [5.41, 5.74) is -2.53. The molecule has 0 aromatic carbocycles. The fourth-order valence-corrected chi connectivity index (χ4v) is 4.73. The Kier molecular flexibility index (Phi) is 9.14. The van der Waals surface area contributed by atoms with Gasteiger partial charge in [-0.05, 0) is 0 Å². The summed E-state index contributed by atoms with van der Waals surface area (Å²) in [7, 11) is 5.12. The van der Waals surface area contributed by atoms with E-state index in [0.717, 1.165) is 0 Å². The van der Waals surface area contributed by atoms with Gasteiger partial charge >= 0.3 is 5.69 Å². The number of aromatic nitrogens is 2. The standard InChI is InChI=1S/C20H31FN2O12/c1-30-18(31-2)15-13(26)11(9(6-24)34-15)22-5-8(21)17(28)23(20(22)29)12-10(7-25)35-16(14(12)27)19(32-3)33-4/h5,9-16,18-19,24-27H,6-7H2,1-4H3/t9-,10-,11-,12-,13+,14+,15+,16+/m0/s1. The van der Waals surface area contributed by atoms with Gasteiger partial charge in [0, 0.05) is 28.4 Å². The fourth-order valence-electron chi connectivity index (χ4n) is 4.73. The van der Waals surface area contributed by atoms with E-state index in [1.165, 1.54) is 28.4 Å². The fraction of sp³-hybridized carbons (Fsp3) is 0.800. The maximum atomic E-state index is 14.9. The minimum absolute atomic E-state index is 0.405. The first kappa shape index (κ1) is 27.8. The molecule has 0 radical (unpaired) electrons. The number of methoxy groups -OCH3 is 4. The number of halogens is 1. The zero-order valence-electron chi connectivity index (χ0n) is 19.6. The van der Waals surface area contributed by atoms with Crippen molar-refractivity contribution in [3.63, 3.8) is 0 Å². The number of rotatable bonds is 10. The van der Waals surface area contributed by atoms with Crippen LogP contribution in [0, 0.1) is 5.82 Å². The summed E-state index contributed by atoms with van der Waals surface area (Å²) in [6.07, 6.45) is -9.69. The van der Waals surface area contributed by atoms with Gasteiger partial charge < -0.3 is 48.8 Å². The highest BCUT2D eigenvalue weighted by molar-refractivity contribution is 5.05. The van der Waals surface area contributed by atoms with E-state index in [0.29, 0.717) is 15.3 Å². The number of nitrogens with zero attached hydrogens (tertiary/aromatic N) is 2. The molecule has 3 rings (SSSR count). The molecule has 0 aliphatic carbocycles. The maximum Gasteiger partial charge on any atom is 0.332 e. The van der Waals surface area contributed by atoms with Crippen LogP contribution in [0.15, 0.2) is 15.8 Å². The average Bonchev–Trinajstić information content (AvgIpc) is 3.35. The molecule has 0 amide bonds. The predicted molar refractivity (Wildman–Crippen MR) is 112 cm³/mol. The molecule has 14 nitrogen and oxygen atoms in total. The predicted octanol–water partition coefficient (Wildman–Crippen LogP) is -3.29. The van der Waals surface area contributed by atoms with Crippen LogP contribution in [0.4, 0.5) is 4.39 Å². The Morgan fingerprint density at radius 2 is 1.31 bits per heavy atom. The van der Waals surface area contributed by atoms with Gasteiger partial charge in [0.1, 0.15) is 36.6 Å². The van der Waals surface area contributed by atoms with Crippen molar-refractivity contribution in [2.24, 2.45) is 0 Å². The molecule has 2 fully saturated rings. The van der Waals surface area contributed by atoms with Crippen LogP contribution in [0.5, 0.6) is 0 Å². The van der Waals surface area contributed by atoms with Gasteiger partial charge in [-0.1, -0.05) is 0 Å². The van der Waals surface area contributed by atoms with Gasteiger partial charge in [0.2, 0.25) is 5.82 Å². The van der Waals surface area contributed by atoms with Crippen LogP contribution in [0.3, 0.4) is 0 Å². The van der Waals surface area contributed by atoms with Gasteiger partial charge in [-0.15, -0.1) is 0 Å². The first-order chi connectivity index (χ1) is 16.7. The second kappa shape index (κ2) is 11.5. The summed E-state index contributed by atoms with van der Waals surface area (Å²) >= 11 is 0. The topological polar surface area (TPSA) is 180 Å². The van der Waals surface area contributed by atoms with E-state index in [-0.39, 0.29) is 0 Å². The van der Waals surface area contributed by atoms with Gasteiger partial charge in [0.25, 0.3) is 5.56 Å². The van der Waals surface area contributed by atoms with Crippen LogP contribution in [0.2, 0.25) is 0 Å². The lowest BCUT2D eigenvalue weighted by Gasteiger charge is -2.27. The second-order valence-electron chi connectivity index (χ2n) is 8.13. The zero-order valence-corrected chi connectivity index (χ0v) is 19.6. The lowest BCUT2D eigenvalue weighted by atomic mass is 10.0. The molecule has 0 bridgehead atoms. The Morgan fingerprint density at radius 3 is 1.74 bits per heavy atom. The molecule has 8 atom stereocenters. The highest BCUT2D eigenvalue weighted by Gasteiger charge is 2.52. The van der Waals surface area contributed by atoms with E-state index >= 15 is 0 Å². The van der Waals surface area contributed by atoms with Crippen LogP contribution in [0.25, 0.3) is 0 Å². The van der Waals surface area contributed by atoms with Crippen LogP contribution in [-0.4, -0.2) is 120 Å². The lowest BCUT2D eigenvalue weighted by molar-refractivity contribution is -0.193. The maximum absolute atomic E-state index is 14.9. The van der Waals surface area contributed by atoms with Gasteiger partial charge in [-0.3, -0.25) is 9.36 Å². The van der Waals surface area contributed by atoms with Gasteiger partial charge in [-0.25, -0.2) is 9.36 Å². The van der Waals surface area contributed by atoms with Crippen molar-refractivity contribution in [3.05, 3.63) is 32.9 Å². The third kappa shape index (κ3) is 4.81. The highest BCUT2D eigenvalue weighted by atomic mass is 19.1. The Morgan fingerprint density at radius 1 is 0.886 bits per heavy atom. The largest absolute Gasteiger partial charge is 0.394 e. The molecule has 0 saturated carbocycles. The van der Waals surface area contributed by atoms with E-state index < -0.39 is 91.6 Å². The Balaban J connectivity index is 2.12. The van der Waals surface area contributed by atoms with Crippen molar-refractivity contribution in [1.29, 1.82) is 0 Å². The quantitative estimate of drug-likeness (QED) is 0.231. The number of hydrogen-bond acceptors (Lipinski definition) is 12. The van der Waals surface area contributed by atoms with Crippen molar-refractivity contribution in [2.75, 3.05) is 41.7 Å². The first-order valence-corrected chi connectivity index (χ1v) is 10.7. The number of aliphatic hydroxyl groups excluding tert-OH is 4. The van der Waals surface area contributed by atoms with Crippen LogP contribution in [-0.2, 0) is 28.4 Å². The summed E-state index contributed by atoms with van der Waals surface area (Å²) in [4.78, 5) is 26.2. The summed E-state index contributed by atoms with van der Waals surface area (Å²) in [6, 6.07) is -2.89. The molecular weight excluding hydrogens is 479 g/mol. The van der Waals surface area contributed by atoms with Crippen molar-refractivity contribution >= 4 is 0 Å². The molecule has 15 heteroatoms. The van der Waals surface area contributed by atoms with E-state index in [4.69, 9.17) is 28.4 Å². The minimum atomic E-state index is -1.63. The van der Waals surface area contributed by atoms with Crippen molar-refractivity contribution in [3.8, 4) is 0 Å². The Labute approximate surface area is 198 Å². The molecule has 35 heavy (non-hydrogen) atoms. The minimum Gasteiger partial charge on any atom is -0.394 e. The van der Waals surface area contributed by atoms with E-state index in [1.807, 2.05) is 0 Å². The molecule has 4 N–H and O–H groups in total. The normalized spacial score (nSPS) is 33.3. The molecule has 200 valence electrons. The van der Waals surface area contributed by atoms with Gasteiger partial charge in [-0.2, -0.15) is 4.39 Å². The summed E-state index contributed by atoms with van der Waals surface area (Å²) < 4.78 is 47.5. The van der Waals surface area contributed by atoms with Crippen LogP contribution in [0.1, 0.15) is 12.1 Å². The SMILES string of the molecule is COC(OC)[C@@H]1O[C@@H](CO)[C@H](n2cc(F)c(=O)n([C@@H]3[C@@H](O)[C@H](C(OC)OC)O[C@H]3CO)c2=O)[C@H]1O. The molecule has 1 aromatic heterocycles. The molecule has 1 aromatic rings. The molecule has 3 heterocycles.